The fourth-order valence-electron chi connectivity index (χ4n) is 3.79. The van der Waals surface area contributed by atoms with E-state index in [4.69, 9.17) is 9.47 Å². The number of rotatable bonds is 3. The molecule has 4 heteroatoms. The van der Waals surface area contributed by atoms with Gasteiger partial charge in [0.2, 0.25) is 5.91 Å². The van der Waals surface area contributed by atoms with Crippen LogP contribution in [0.25, 0.3) is 0 Å². The van der Waals surface area contributed by atoms with Crippen molar-refractivity contribution in [2.75, 3.05) is 13.7 Å². The molecule has 2 heterocycles. The van der Waals surface area contributed by atoms with Crippen LogP contribution in [0.3, 0.4) is 0 Å². The van der Waals surface area contributed by atoms with E-state index < -0.39 is 0 Å². The summed E-state index contributed by atoms with van der Waals surface area (Å²) in [5.41, 5.74) is 4.47. The molecular formula is C20H21NO3. The number of aryl methyl sites for hydroxylation is 1. The highest BCUT2D eigenvalue weighted by molar-refractivity contribution is 5.88. The van der Waals surface area contributed by atoms with Crippen LogP contribution in [0.2, 0.25) is 0 Å². The number of nitrogens with zero attached hydrogens (tertiary/aromatic N) is 1. The molecule has 4 rings (SSSR count). The van der Waals surface area contributed by atoms with Gasteiger partial charge in [-0.3, -0.25) is 4.79 Å². The minimum absolute atomic E-state index is 0.0692. The molecule has 1 saturated heterocycles. The van der Waals surface area contributed by atoms with Gasteiger partial charge in [0, 0.05) is 13.1 Å². The number of hydrogen-bond donors (Lipinski definition) is 0. The molecule has 0 spiro atoms. The van der Waals surface area contributed by atoms with Gasteiger partial charge in [-0.25, -0.2) is 0 Å². The van der Waals surface area contributed by atoms with Crippen molar-refractivity contribution in [3.05, 3.63) is 64.7 Å². The Labute approximate surface area is 142 Å². The summed E-state index contributed by atoms with van der Waals surface area (Å²) in [5, 5.41) is 0. The van der Waals surface area contributed by atoms with Crippen molar-refractivity contribution in [3.63, 3.8) is 0 Å². The second-order valence-corrected chi connectivity index (χ2v) is 6.54. The van der Waals surface area contributed by atoms with E-state index >= 15 is 0 Å². The first-order chi connectivity index (χ1) is 11.7. The fourth-order valence-corrected chi connectivity index (χ4v) is 3.79. The van der Waals surface area contributed by atoms with E-state index in [2.05, 4.69) is 12.1 Å². The summed E-state index contributed by atoms with van der Waals surface area (Å²) in [6, 6.07) is 14.1. The van der Waals surface area contributed by atoms with Crippen LogP contribution in [0.1, 0.15) is 28.2 Å². The number of carbonyl (C=O) groups is 1. The zero-order valence-corrected chi connectivity index (χ0v) is 14.0. The molecule has 0 N–H and O–H groups in total. The summed E-state index contributed by atoms with van der Waals surface area (Å²) in [4.78, 5) is 14.9. The molecule has 1 fully saturated rings. The van der Waals surface area contributed by atoms with Crippen molar-refractivity contribution in [2.45, 2.75) is 32.1 Å². The van der Waals surface area contributed by atoms with Crippen molar-refractivity contribution < 1.29 is 14.3 Å². The lowest BCUT2D eigenvalue weighted by Gasteiger charge is -2.28. The summed E-state index contributed by atoms with van der Waals surface area (Å²) in [5.74, 6) is 0.741. The Hall–Kier alpha value is -2.33. The minimum atomic E-state index is -0.216. The Morgan fingerprint density at radius 3 is 2.79 bits per heavy atom. The number of fused-ring (bicyclic) bond motifs is 3. The van der Waals surface area contributed by atoms with Crippen LogP contribution in [0.4, 0.5) is 0 Å². The predicted molar refractivity (Wildman–Crippen MR) is 90.9 cm³/mol. The molecule has 0 saturated carbocycles. The van der Waals surface area contributed by atoms with Gasteiger partial charge in [0.1, 0.15) is 5.75 Å². The predicted octanol–water partition coefficient (Wildman–Crippen LogP) is 3.03. The van der Waals surface area contributed by atoms with Gasteiger partial charge in [-0.15, -0.1) is 0 Å². The Morgan fingerprint density at radius 1 is 1.25 bits per heavy atom. The van der Waals surface area contributed by atoms with Crippen molar-refractivity contribution in [1.82, 2.24) is 4.90 Å². The number of methoxy groups -OCH3 is 1. The smallest absolute Gasteiger partial charge is 0.233 e. The lowest BCUT2D eigenvalue weighted by atomic mass is 9.87. The highest BCUT2D eigenvalue weighted by Crippen LogP contribution is 2.41. The monoisotopic (exact) mass is 323 g/mol. The van der Waals surface area contributed by atoms with Crippen molar-refractivity contribution >= 4 is 5.91 Å². The minimum Gasteiger partial charge on any atom is -0.497 e. The topological polar surface area (TPSA) is 38.8 Å². The van der Waals surface area contributed by atoms with Crippen molar-refractivity contribution in [2.24, 2.45) is 0 Å². The van der Waals surface area contributed by atoms with Gasteiger partial charge in [0.05, 0.1) is 25.7 Å². The fraction of sp³-hybridized carbons (Fsp3) is 0.350. The highest BCUT2D eigenvalue weighted by Gasteiger charge is 2.45. The van der Waals surface area contributed by atoms with E-state index in [-0.39, 0.29) is 17.9 Å². The van der Waals surface area contributed by atoms with Gasteiger partial charge in [-0.05, 0) is 41.3 Å². The van der Waals surface area contributed by atoms with E-state index in [0.717, 1.165) is 28.0 Å². The third-order valence-corrected chi connectivity index (χ3v) is 5.06. The number of carbonyl (C=O) groups excluding carboxylic acids is 1. The quantitative estimate of drug-likeness (QED) is 0.871. The summed E-state index contributed by atoms with van der Waals surface area (Å²) in [6.45, 7) is 3.90. The third-order valence-electron chi connectivity index (χ3n) is 5.06. The van der Waals surface area contributed by atoms with Crippen LogP contribution in [0, 0.1) is 6.92 Å². The maximum atomic E-state index is 13.0. The number of hydrogen-bond acceptors (Lipinski definition) is 3. The molecule has 0 radical (unpaired) electrons. The lowest BCUT2D eigenvalue weighted by molar-refractivity contribution is -0.130. The lowest BCUT2D eigenvalue weighted by Crippen LogP contribution is -2.28. The first-order valence-electron chi connectivity index (χ1n) is 8.29. The van der Waals surface area contributed by atoms with E-state index in [9.17, 15) is 4.79 Å². The van der Waals surface area contributed by atoms with Gasteiger partial charge in [0.15, 0.2) is 0 Å². The van der Waals surface area contributed by atoms with Gasteiger partial charge in [-0.2, -0.15) is 0 Å². The Bertz CT molecular complexity index is 772. The van der Waals surface area contributed by atoms with Gasteiger partial charge < -0.3 is 14.4 Å². The van der Waals surface area contributed by atoms with Crippen LogP contribution in [-0.4, -0.2) is 30.6 Å². The summed E-state index contributed by atoms with van der Waals surface area (Å²) >= 11 is 0. The van der Waals surface area contributed by atoms with Crippen LogP contribution < -0.4 is 4.74 Å². The van der Waals surface area contributed by atoms with Crippen LogP contribution in [-0.2, 0) is 22.7 Å². The molecule has 2 aliphatic rings. The number of ether oxygens (including phenoxy) is 2. The maximum absolute atomic E-state index is 13.0. The van der Waals surface area contributed by atoms with Crippen molar-refractivity contribution in [3.8, 4) is 5.75 Å². The second kappa shape index (κ2) is 5.95. The van der Waals surface area contributed by atoms with Crippen LogP contribution in [0.5, 0.6) is 5.75 Å². The van der Waals surface area contributed by atoms with Crippen LogP contribution >= 0.6 is 0 Å². The number of likely N-dealkylation sites (tertiary alicyclic amines) is 1. The maximum Gasteiger partial charge on any atom is 0.233 e. The third kappa shape index (κ3) is 2.47. The Kier molecular flexibility index (Phi) is 3.77. The molecule has 0 unspecified atom stereocenters. The number of benzene rings is 2. The molecule has 2 atom stereocenters. The van der Waals surface area contributed by atoms with E-state index in [1.165, 1.54) is 0 Å². The van der Waals surface area contributed by atoms with E-state index in [0.29, 0.717) is 19.7 Å². The first-order valence-corrected chi connectivity index (χ1v) is 8.29. The van der Waals surface area contributed by atoms with Gasteiger partial charge >= 0.3 is 0 Å². The number of amides is 1. The normalized spacial score (nSPS) is 22.2. The van der Waals surface area contributed by atoms with Gasteiger partial charge in [0.25, 0.3) is 0 Å². The first kappa shape index (κ1) is 15.2. The molecule has 24 heavy (non-hydrogen) atoms. The highest BCUT2D eigenvalue weighted by atomic mass is 16.5. The average Bonchev–Trinajstić information content (AvgIpc) is 2.92. The molecule has 0 aromatic heterocycles. The molecule has 2 aromatic rings. The van der Waals surface area contributed by atoms with E-state index in [1.54, 1.807) is 7.11 Å². The zero-order valence-electron chi connectivity index (χ0n) is 14.0. The molecule has 2 aliphatic heterocycles. The standard InChI is InChI=1S/C20H21NO3/c1-13-8-15(23-2)9-16-17(13)12-24-18-11-21(20(22)19(16)18)10-14-6-4-3-5-7-14/h3-9,18-19H,10-12H2,1-2H3/t18-,19+/m0/s1. The van der Waals surface area contributed by atoms with Crippen LogP contribution in [0.15, 0.2) is 42.5 Å². The Balaban J connectivity index is 1.66. The molecule has 0 bridgehead atoms. The second-order valence-electron chi connectivity index (χ2n) is 6.54. The molecule has 4 nitrogen and oxygen atoms in total. The molecule has 2 aromatic carbocycles. The summed E-state index contributed by atoms with van der Waals surface area (Å²) < 4.78 is 11.4. The molecular weight excluding hydrogens is 302 g/mol. The molecule has 124 valence electrons. The summed E-state index contributed by atoms with van der Waals surface area (Å²) in [6.07, 6.45) is -0.0692. The Morgan fingerprint density at radius 2 is 2.04 bits per heavy atom. The SMILES string of the molecule is COc1cc(C)c2c(c1)[C@H]1C(=O)N(Cc3ccccc3)C[C@@H]1OC2. The molecule has 1 amide bonds. The average molecular weight is 323 g/mol. The zero-order chi connectivity index (χ0) is 16.7. The van der Waals surface area contributed by atoms with Gasteiger partial charge in [-0.1, -0.05) is 30.3 Å². The molecule has 0 aliphatic carbocycles. The van der Waals surface area contributed by atoms with E-state index in [1.807, 2.05) is 42.2 Å². The summed E-state index contributed by atoms with van der Waals surface area (Å²) in [7, 11) is 1.66. The largest absolute Gasteiger partial charge is 0.497 e. The van der Waals surface area contributed by atoms with Crippen molar-refractivity contribution in [1.29, 1.82) is 0 Å².